The number of carbonyl (C=O) groups is 1. The molecule has 3 N–H and O–H groups in total. The second kappa shape index (κ2) is 6.41. The number of nitrogens with zero attached hydrogens (tertiary/aromatic N) is 1. The molecule has 0 spiro atoms. The molecule has 0 saturated heterocycles. The predicted molar refractivity (Wildman–Crippen MR) is 86.1 cm³/mol. The largest absolute Gasteiger partial charge is 0.352 e. The number of carbonyl (C=O) groups excluding carboxylic acids is 1. The number of fused-ring (bicyclic) bond motifs is 1. The third-order valence-corrected chi connectivity index (χ3v) is 4.15. The number of benzene rings is 1. The van der Waals surface area contributed by atoms with Crippen LogP contribution in [0.5, 0.6) is 0 Å². The molecule has 0 saturated carbocycles. The van der Waals surface area contributed by atoms with E-state index in [2.05, 4.69) is 10.3 Å². The molecule has 6 nitrogen and oxygen atoms in total. The lowest BCUT2D eigenvalue weighted by atomic mass is 10.1. The van der Waals surface area contributed by atoms with Crippen LogP contribution in [0.1, 0.15) is 28.0 Å². The van der Waals surface area contributed by atoms with Crippen LogP contribution < -0.4 is 10.5 Å². The van der Waals surface area contributed by atoms with E-state index in [1.54, 1.807) is 13.0 Å². The van der Waals surface area contributed by atoms with Crippen molar-refractivity contribution in [2.24, 2.45) is 5.14 Å². The molecule has 118 valence electrons. The van der Waals surface area contributed by atoms with Gasteiger partial charge < -0.3 is 5.32 Å². The highest BCUT2D eigenvalue weighted by molar-refractivity contribution is 7.89. The molecule has 22 heavy (non-hydrogen) atoms. The Morgan fingerprint density at radius 1 is 1.27 bits per heavy atom. The van der Waals surface area contributed by atoms with E-state index in [1.165, 1.54) is 0 Å². The number of sulfonamides is 1. The van der Waals surface area contributed by atoms with E-state index in [1.807, 2.05) is 25.1 Å². The van der Waals surface area contributed by atoms with Crippen molar-refractivity contribution in [3.05, 3.63) is 41.1 Å². The fraction of sp³-hybridized carbons (Fsp3) is 0.333. The first-order chi connectivity index (χ1) is 10.3. The average Bonchev–Trinajstić information content (AvgIpc) is 2.42. The van der Waals surface area contributed by atoms with Crippen molar-refractivity contribution in [3.8, 4) is 0 Å². The highest BCUT2D eigenvalue weighted by Gasteiger charge is 2.12. The Morgan fingerprint density at radius 3 is 2.68 bits per heavy atom. The molecule has 0 aliphatic heterocycles. The van der Waals surface area contributed by atoms with Gasteiger partial charge in [0.25, 0.3) is 5.91 Å². The van der Waals surface area contributed by atoms with E-state index < -0.39 is 10.0 Å². The minimum Gasteiger partial charge on any atom is -0.352 e. The Balaban J connectivity index is 2.12. The van der Waals surface area contributed by atoms with Gasteiger partial charge in [0, 0.05) is 11.9 Å². The Labute approximate surface area is 129 Å². The monoisotopic (exact) mass is 321 g/mol. The fourth-order valence-corrected chi connectivity index (χ4v) is 2.74. The number of pyridine rings is 1. The summed E-state index contributed by atoms with van der Waals surface area (Å²) in [6.45, 7) is 4.01. The van der Waals surface area contributed by atoms with Gasteiger partial charge in [0.2, 0.25) is 10.0 Å². The summed E-state index contributed by atoms with van der Waals surface area (Å²) in [7, 11) is -3.49. The Kier molecular flexibility index (Phi) is 4.77. The highest BCUT2D eigenvalue weighted by atomic mass is 32.2. The molecular weight excluding hydrogens is 302 g/mol. The van der Waals surface area contributed by atoms with Crippen molar-refractivity contribution in [1.82, 2.24) is 10.3 Å². The van der Waals surface area contributed by atoms with Gasteiger partial charge in [-0.2, -0.15) is 0 Å². The lowest BCUT2D eigenvalue weighted by Gasteiger charge is -2.09. The van der Waals surface area contributed by atoms with Gasteiger partial charge in [0.15, 0.2) is 0 Å². The summed E-state index contributed by atoms with van der Waals surface area (Å²) in [5, 5.41) is 8.51. The van der Waals surface area contributed by atoms with Crippen molar-refractivity contribution in [2.75, 3.05) is 12.3 Å². The van der Waals surface area contributed by atoms with Crippen LogP contribution in [0.4, 0.5) is 0 Å². The summed E-state index contributed by atoms with van der Waals surface area (Å²) in [5.41, 5.74) is 3.07. The molecule has 0 bridgehead atoms. The summed E-state index contributed by atoms with van der Waals surface area (Å²) in [6.07, 6.45) is 0.281. The van der Waals surface area contributed by atoms with E-state index in [0.717, 1.165) is 16.5 Å². The molecule has 0 fully saturated rings. The number of nitrogens with two attached hydrogens (primary N) is 1. The number of nitrogens with one attached hydrogen (secondary N) is 1. The lowest BCUT2D eigenvalue weighted by molar-refractivity contribution is 0.0953. The molecule has 0 atom stereocenters. The fourth-order valence-electron chi connectivity index (χ4n) is 2.19. The maximum absolute atomic E-state index is 12.2. The van der Waals surface area contributed by atoms with Crippen LogP contribution in [0.3, 0.4) is 0 Å². The maximum atomic E-state index is 12.2. The van der Waals surface area contributed by atoms with Crippen molar-refractivity contribution < 1.29 is 13.2 Å². The first kappa shape index (κ1) is 16.4. The number of hydrogen-bond donors (Lipinski definition) is 2. The van der Waals surface area contributed by atoms with Gasteiger partial charge in [0.1, 0.15) is 0 Å². The zero-order valence-corrected chi connectivity index (χ0v) is 13.4. The Morgan fingerprint density at radius 2 is 2.00 bits per heavy atom. The number of aryl methyl sites for hydroxylation is 2. The van der Waals surface area contributed by atoms with Crippen molar-refractivity contribution in [2.45, 2.75) is 20.3 Å². The number of rotatable bonds is 5. The van der Waals surface area contributed by atoms with Gasteiger partial charge >= 0.3 is 0 Å². The van der Waals surface area contributed by atoms with Crippen LogP contribution in [0.15, 0.2) is 24.3 Å². The lowest BCUT2D eigenvalue weighted by Crippen LogP contribution is -2.28. The zero-order valence-electron chi connectivity index (χ0n) is 12.6. The van der Waals surface area contributed by atoms with E-state index in [-0.39, 0.29) is 24.6 Å². The molecule has 0 aliphatic rings. The van der Waals surface area contributed by atoms with Crippen molar-refractivity contribution in [3.63, 3.8) is 0 Å². The van der Waals surface area contributed by atoms with Gasteiger partial charge in [0.05, 0.1) is 22.5 Å². The maximum Gasteiger partial charge on any atom is 0.253 e. The standard InChI is InChI=1S/C15H19N3O3S/c1-10-4-5-14-12(8-10)9-13(11(2)18-14)15(19)17-6-3-7-22(16,20)21/h4-5,8-9H,3,6-7H2,1-2H3,(H,17,19)(H2,16,20,21). The third-order valence-electron chi connectivity index (χ3n) is 3.30. The Hall–Kier alpha value is -1.99. The van der Waals surface area contributed by atoms with Crippen LogP contribution in [0.25, 0.3) is 10.9 Å². The smallest absolute Gasteiger partial charge is 0.253 e. The molecule has 2 rings (SSSR count). The topological polar surface area (TPSA) is 102 Å². The minimum absolute atomic E-state index is 0.151. The average molecular weight is 321 g/mol. The second-order valence-corrected chi connectivity index (χ2v) is 7.03. The second-order valence-electron chi connectivity index (χ2n) is 5.29. The van der Waals surface area contributed by atoms with Crippen molar-refractivity contribution >= 4 is 26.8 Å². The number of aromatic nitrogens is 1. The van der Waals surface area contributed by atoms with E-state index in [9.17, 15) is 13.2 Å². The number of amides is 1. The molecule has 0 radical (unpaired) electrons. The Bertz CT molecular complexity index is 816. The normalized spacial score (nSPS) is 11.6. The number of primary sulfonamides is 1. The molecule has 1 aromatic carbocycles. The molecule has 1 amide bonds. The molecule has 7 heteroatoms. The van der Waals surface area contributed by atoms with Crippen LogP contribution in [-0.4, -0.2) is 31.6 Å². The predicted octanol–water partition coefficient (Wildman–Crippen LogP) is 1.26. The quantitative estimate of drug-likeness (QED) is 0.809. The summed E-state index contributed by atoms with van der Waals surface area (Å²) >= 11 is 0. The first-order valence-corrected chi connectivity index (χ1v) is 8.64. The summed E-state index contributed by atoms with van der Waals surface area (Å²) in [4.78, 5) is 16.6. The van der Waals surface area contributed by atoms with Gasteiger partial charge in [-0.15, -0.1) is 0 Å². The first-order valence-electron chi connectivity index (χ1n) is 6.93. The zero-order chi connectivity index (χ0) is 16.3. The summed E-state index contributed by atoms with van der Waals surface area (Å²) < 4.78 is 21.7. The van der Waals surface area contributed by atoms with Crippen LogP contribution in [0, 0.1) is 13.8 Å². The molecule has 0 unspecified atom stereocenters. The minimum atomic E-state index is -3.49. The van der Waals surface area contributed by atoms with Crippen LogP contribution in [0.2, 0.25) is 0 Å². The van der Waals surface area contributed by atoms with Crippen molar-refractivity contribution in [1.29, 1.82) is 0 Å². The summed E-state index contributed by atoms with van der Waals surface area (Å²) in [6, 6.07) is 7.67. The van der Waals surface area contributed by atoms with E-state index >= 15 is 0 Å². The highest BCUT2D eigenvalue weighted by Crippen LogP contribution is 2.18. The summed E-state index contributed by atoms with van der Waals surface area (Å²) in [5.74, 6) is -0.413. The molecule has 2 aromatic rings. The van der Waals surface area contributed by atoms with Gasteiger partial charge in [-0.25, -0.2) is 13.6 Å². The van der Waals surface area contributed by atoms with Gasteiger partial charge in [-0.1, -0.05) is 11.6 Å². The van der Waals surface area contributed by atoms with Gasteiger partial charge in [-0.3, -0.25) is 9.78 Å². The SMILES string of the molecule is Cc1ccc2nc(C)c(C(=O)NCCCS(N)(=O)=O)cc2c1. The van der Waals surface area contributed by atoms with E-state index in [0.29, 0.717) is 11.3 Å². The molecule has 0 aliphatic carbocycles. The van der Waals surface area contributed by atoms with E-state index in [4.69, 9.17) is 5.14 Å². The molecule has 1 heterocycles. The van der Waals surface area contributed by atoms with Crippen LogP contribution >= 0.6 is 0 Å². The molecular formula is C15H19N3O3S. The molecule has 1 aromatic heterocycles. The third kappa shape index (κ3) is 4.25. The number of hydrogen-bond acceptors (Lipinski definition) is 4. The van der Waals surface area contributed by atoms with Crippen LogP contribution in [-0.2, 0) is 10.0 Å². The van der Waals surface area contributed by atoms with Gasteiger partial charge in [-0.05, 0) is 38.5 Å².